The smallest absolute Gasteiger partial charge is 0.313 e. The van der Waals surface area contributed by atoms with Crippen LogP contribution < -0.4 is 4.74 Å². The van der Waals surface area contributed by atoms with Crippen LogP contribution in [0.2, 0.25) is 0 Å². The van der Waals surface area contributed by atoms with Crippen molar-refractivity contribution in [1.29, 1.82) is 0 Å². The number of hydrogen-bond acceptors (Lipinski definition) is 4. The minimum Gasteiger partial charge on any atom is -0.492 e. The molecule has 0 saturated heterocycles. The summed E-state index contributed by atoms with van der Waals surface area (Å²) < 4.78 is 5.45. The van der Waals surface area contributed by atoms with Crippen LogP contribution in [0.25, 0.3) is 0 Å². The molecule has 0 aliphatic carbocycles. The van der Waals surface area contributed by atoms with E-state index in [1.165, 1.54) is 18.7 Å². The van der Waals surface area contributed by atoms with Gasteiger partial charge in [-0.2, -0.15) is 0 Å². The lowest BCUT2D eigenvalue weighted by Crippen LogP contribution is -2.06. The van der Waals surface area contributed by atoms with Crippen LogP contribution in [-0.4, -0.2) is 35.0 Å². The van der Waals surface area contributed by atoms with Crippen molar-refractivity contribution >= 4 is 23.5 Å². The van der Waals surface area contributed by atoms with E-state index in [0.717, 1.165) is 0 Å². The van der Waals surface area contributed by atoms with Crippen molar-refractivity contribution in [2.45, 2.75) is 6.92 Å². The normalized spacial score (nSPS) is 9.94. The Labute approximate surface area is 104 Å². The highest BCUT2D eigenvalue weighted by Gasteiger charge is 2.06. The standard InChI is InChI=1S/C12H14O4S/c1-9(13)10-4-2-3-5-11(10)16-6-7-17-8-12(14)15/h2-5H,6-8H2,1H3,(H,14,15). The van der Waals surface area contributed by atoms with Crippen LogP contribution in [0.5, 0.6) is 5.75 Å². The van der Waals surface area contributed by atoms with Crippen molar-refractivity contribution in [2.75, 3.05) is 18.1 Å². The van der Waals surface area contributed by atoms with E-state index in [0.29, 0.717) is 23.7 Å². The molecule has 0 atom stereocenters. The fourth-order valence-electron chi connectivity index (χ4n) is 1.25. The van der Waals surface area contributed by atoms with Gasteiger partial charge in [-0.25, -0.2) is 0 Å². The van der Waals surface area contributed by atoms with Gasteiger partial charge in [0, 0.05) is 5.75 Å². The first-order valence-corrected chi connectivity index (χ1v) is 6.29. The number of para-hydroxylation sites is 1. The maximum Gasteiger partial charge on any atom is 0.313 e. The number of carbonyl (C=O) groups excluding carboxylic acids is 1. The van der Waals surface area contributed by atoms with Gasteiger partial charge in [-0.15, -0.1) is 11.8 Å². The molecule has 1 N–H and O–H groups in total. The van der Waals surface area contributed by atoms with Crippen LogP contribution in [0.4, 0.5) is 0 Å². The molecular formula is C12H14O4S. The second-order valence-corrected chi connectivity index (χ2v) is 4.45. The lowest BCUT2D eigenvalue weighted by Gasteiger charge is -2.08. The number of benzene rings is 1. The molecule has 0 aromatic heterocycles. The Morgan fingerprint density at radius 3 is 2.71 bits per heavy atom. The van der Waals surface area contributed by atoms with Crippen LogP contribution in [-0.2, 0) is 4.79 Å². The lowest BCUT2D eigenvalue weighted by atomic mass is 10.1. The van der Waals surface area contributed by atoms with Gasteiger partial charge in [0.1, 0.15) is 5.75 Å². The highest BCUT2D eigenvalue weighted by Crippen LogP contribution is 2.18. The Morgan fingerprint density at radius 1 is 1.35 bits per heavy atom. The average Bonchev–Trinajstić information content (AvgIpc) is 2.28. The Bertz CT molecular complexity index is 403. The molecule has 0 aliphatic heterocycles. The predicted molar refractivity (Wildman–Crippen MR) is 66.9 cm³/mol. The van der Waals surface area contributed by atoms with E-state index in [9.17, 15) is 9.59 Å². The molecule has 1 aromatic carbocycles. The number of hydrogen-bond donors (Lipinski definition) is 1. The fraction of sp³-hybridized carbons (Fsp3) is 0.333. The van der Waals surface area contributed by atoms with Gasteiger partial charge in [0.2, 0.25) is 0 Å². The van der Waals surface area contributed by atoms with Gasteiger partial charge in [-0.3, -0.25) is 9.59 Å². The van der Waals surface area contributed by atoms with E-state index in [-0.39, 0.29) is 11.5 Å². The zero-order valence-electron chi connectivity index (χ0n) is 9.51. The fourth-order valence-corrected chi connectivity index (χ4v) is 1.77. The van der Waals surface area contributed by atoms with Gasteiger partial charge in [-0.05, 0) is 19.1 Å². The number of rotatable bonds is 7. The van der Waals surface area contributed by atoms with Crippen LogP contribution in [0, 0.1) is 0 Å². The molecule has 0 heterocycles. The second-order valence-electron chi connectivity index (χ2n) is 3.35. The maximum atomic E-state index is 11.3. The predicted octanol–water partition coefficient (Wildman–Crippen LogP) is 2.09. The summed E-state index contributed by atoms with van der Waals surface area (Å²) in [6.07, 6.45) is 0. The molecule has 0 fully saturated rings. The summed E-state index contributed by atoms with van der Waals surface area (Å²) in [7, 11) is 0. The molecule has 0 saturated carbocycles. The Hall–Kier alpha value is -1.49. The Kier molecular flexibility index (Phi) is 5.56. The van der Waals surface area contributed by atoms with Crippen molar-refractivity contribution in [2.24, 2.45) is 0 Å². The topological polar surface area (TPSA) is 63.6 Å². The van der Waals surface area contributed by atoms with Crippen LogP contribution in [0.1, 0.15) is 17.3 Å². The minimum atomic E-state index is -0.834. The summed E-state index contributed by atoms with van der Waals surface area (Å²) in [5.41, 5.74) is 0.552. The number of thioether (sulfide) groups is 1. The summed E-state index contributed by atoms with van der Waals surface area (Å²) in [5.74, 6) is 0.324. The van der Waals surface area contributed by atoms with Gasteiger partial charge in [0.25, 0.3) is 0 Å². The number of carboxylic acid groups (broad SMARTS) is 1. The van der Waals surface area contributed by atoms with Crippen LogP contribution in [0.3, 0.4) is 0 Å². The van der Waals surface area contributed by atoms with Crippen LogP contribution in [0.15, 0.2) is 24.3 Å². The number of carbonyl (C=O) groups is 2. The van der Waals surface area contributed by atoms with Gasteiger partial charge >= 0.3 is 5.97 Å². The van der Waals surface area contributed by atoms with Gasteiger partial charge < -0.3 is 9.84 Å². The van der Waals surface area contributed by atoms with Gasteiger partial charge in [-0.1, -0.05) is 12.1 Å². The third kappa shape index (κ3) is 4.91. The van der Waals surface area contributed by atoms with Crippen molar-refractivity contribution in [3.8, 4) is 5.75 Å². The van der Waals surface area contributed by atoms with Gasteiger partial charge in [0.05, 0.1) is 17.9 Å². The molecule has 5 heteroatoms. The Morgan fingerprint density at radius 2 is 2.06 bits per heavy atom. The molecule has 0 amide bonds. The lowest BCUT2D eigenvalue weighted by molar-refractivity contribution is -0.133. The average molecular weight is 254 g/mol. The van der Waals surface area contributed by atoms with Crippen LogP contribution >= 0.6 is 11.8 Å². The summed E-state index contributed by atoms with van der Waals surface area (Å²) in [6.45, 7) is 1.88. The molecule has 1 rings (SSSR count). The first-order valence-electron chi connectivity index (χ1n) is 5.13. The van der Waals surface area contributed by atoms with E-state index in [1.54, 1.807) is 24.3 Å². The minimum absolute atomic E-state index is 0.0428. The maximum absolute atomic E-state index is 11.3. The largest absolute Gasteiger partial charge is 0.492 e. The van der Waals surface area contributed by atoms with E-state index in [4.69, 9.17) is 9.84 Å². The van der Waals surface area contributed by atoms with Crippen molar-refractivity contribution in [1.82, 2.24) is 0 Å². The van der Waals surface area contributed by atoms with Gasteiger partial charge in [0.15, 0.2) is 5.78 Å². The van der Waals surface area contributed by atoms with E-state index in [2.05, 4.69) is 0 Å². The SMILES string of the molecule is CC(=O)c1ccccc1OCCSCC(=O)O. The first-order chi connectivity index (χ1) is 8.11. The monoisotopic (exact) mass is 254 g/mol. The zero-order valence-corrected chi connectivity index (χ0v) is 10.3. The summed E-state index contributed by atoms with van der Waals surface area (Å²) in [6, 6.07) is 7.02. The number of aliphatic carboxylic acids is 1. The zero-order chi connectivity index (χ0) is 12.7. The first kappa shape index (κ1) is 13.6. The number of ketones is 1. The highest BCUT2D eigenvalue weighted by atomic mass is 32.2. The number of ether oxygens (including phenoxy) is 1. The summed E-state index contributed by atoms with van der Waals surface area (Å²) in [4.78, 5) is 21.6. The molecule has 0 spiro atoms. The number of Topliss-reactive ketones (excluding diaryl/α,β-unsaturated/α-hetero) is 1. The van der Waals surface area contributed by atoms with E-state index in [1.807, 2.05) is 0 Å². The third-order valence-corrected chi connectivity index (χ3v) is 2.88. The molecule has 4 nitrogen and oxygen atoms in total. The van der Waals surface area contributed by atoms with E-state index >= 15 is 0 Å². The van der Waals surface area contributed by atoms with Crippen molar-refractivity contribution in [3.63, 3.8) is 0 Å². The van der Waals surface area contributed by atoms with E-state index < -0.39 is 5.97 Å². The third-order valence-electron chi connectivity index (χ3n) is 1.98. The second kappa shape index (κ2) is 6.96. The molecular weight excluding hydrogens is 240 g/mol. The molecule has 1 aromatic rings. The molecule has 0 radical (unpaired) electrons. The summed E-state index contributed by atoms with van der Waals surface area (Å²) in [5, 5.41) is 8.44. The Balaban J connectivity index is 2.41. The highest BCUT2D eigenvalue weighted by molar-refractivity contribution is 7.99. The quantitative estimate of drug-likeness (QED) is 0.596. The molecule has 0 aliphatic rings. The summed E-state index contributed by atoms with van der Waals surface area (Å²) >= 11 is 1.29. The molecule has 92 valence electrons. The molecule has 17 heavy (non-hydrogen) atoms. The van der Waals surface area contributed by atoms with Crippen molar-refractivity contribution in [3.05, 3.63) is 29.8 Å². The van der Waals surface area contributed by atoms with Crippen molar-refractivity contribution < 1.29 is 19.4 Å². The molecule has 0 unspecified atom stereocenters. The molecule has 0 bridgehead atoms. The number of carboxylic acids is 1.